The molecule has 2 atom stereocenters. The van der Waals surface area contributed by atoms with Gasteiger partial charge in [0, 0.05) is 5.92 Å². The third kappa shape index (κ3) is 1.02. The maximum Gasteiger partial charge on any atom is 0.237 e. The Morgan fingerprint density at radius 2 is 2.19 bits per heavy atom. The molecule has 16 heavy (non-hydrogen) atoms. The zero-order valence-electron chi connectivity index (χ0n) is 8.85. The van der Waals surface area contributed by atoms with E-state index in [0.29, 0.717) is 26.2 Å². The number of rotatable bonds is 2. The number of ether oxygens (including phenoxy) is 2. The number of nitrogens with two attached hydrogens (primary N) is 1. The highest BCUT2D eigenvalue weighted by Gasteiger charge is 2.76. The topological polar surface area (TPSA) is 81.9 Å². The maximum atomic E-state index is 11.7. The molecule has 0 aromatic rings. The second-order valence-corrected chi connectivity index (χ2v) is 4.56. The summed E-state index contributed by atoms with van der Waals surface area (Å²) in [6.45, 7) is 1.29. The fourth-order valence-corrected chi connectivity index (χ4v) is 2.97. The molecule has 0 radical (unpaired) electrons. The predicted octanol–water partition coefficient (Wildman–Crippen LogP) is -1.51. The third-order valence-corrected chi connectivity index (χ3v) is 3.84. The largest absolute Gasteiger partial charge is 0.345 e. The molecule has 88 valence electrons. The molecule has 2 N–H and O–H groups in total. The molecule has 1 amide bonds. The first-order valence-electron chi connectivity index (χ1n) is 5.43. The van der Waals surface area contributed by atoms with Crippen LogP contribution in [-0.2, 0) is 19.1 Å². The minimum atomic E-state index is -0.744. The van der Waals surface area contributed by atoms with Crippen LogP contribution in [0, 0.1) is 5.92 Å². The van der Waals surface area contributed by atoms with Crippen LogP contribution < -0.4 is 5.73 Å². The van der Waals surface area contributed by atoms with Gasteiger partial charge in [-0.25, -0.2) is 0 Å². The van der Waals surface area contributed by atoms with Crippen molar-refractivity contribution in [1.82, 2.24) is 4.90 Å². The van der Waals surface area contributed by atoms with Gasteiger partial charge in [-0.3, -0.25) is 4.79 Å². The number of hydrogen-bond acceptors (Lipinski definition) is 5. The Hall–Kier alpha value is -0.980. The highest BCUT2D eigenvalue weighted by atomic mass is 16.7. The summed E-state index contributed by atoms with van der Waals surface area (Å²) in [5.74, 6) is -0.979. The Morgan fingerprint density at radius 1 is 1.50 bits per heavy atom. The number of likely N-dealkylation sites (tertiary alicyclic amines) is 1. The van der Waals surface area contributed by atoms with E-state index in [2.05, 4.69) is 0 Å². The summed E-state index contributed by atoms with van der Waals surface area (Å²) in [6.07, 6.45) is 1.47. The van der Waals surface area contributed by atoms with Crippen LogP contribution in [0.25, 0.3) is 0 Å². The first-order chi connectivity index (χ1) is 7.68. The monoisotopic (exact) mass is 226 g/mol. The SMILES string of the molecule is NCC(=O)N1CC2(OCCO2)C2CC21C=O. The average Bonchev–Trinajstić information content (AvgIpc) is 2.80. The van der Waals surface area contributed by atoms with Crippen LogP contribution in [-0.4, -0.2) is 54.7 Å². The molecular weight excluding hydrogens is 212 g/mol. The van der Waals surface area contributed by atoms with Crippen molar-refractivity contribution in [3.63, 3.8) is 0 Å². The Bertz CT molecular complexity index is 353. The van der Waals surface area contributed by atoms with Gasteiger partial charge in [0.05, 0.1) is 26.3 Å². The molecule has 6 heteroatoms. The van der Waals surface area contributed by atoms with Crippen molar-refractivity contribution < 1.29 is 19.1 Å². The van der Waals surface area contributed by atoms with Crippen LogP contribution in [0.2, 0.25) is 0 Å². The van der Waals surface area contributed by atoms with E-state index >= 15 is 0 Å². The van der Waals surface area contributed by atoms with Crippen LogP contribution in [0.1, 0.15) is 6.42 Å². The van der Waals surface area contributed by atoms with Crippen molar-refractivity contribution in [2.24, 2.45) is 11.7 Å². The number of fused-ring (bicyclic) bond motifs is 2. The first-order valence-corrected chi connectivity index (χ1v) is 5.43. The third-order valence-electron chi connectivity index (χ3n) is 3.84. The summed E-state index contributed by atoms with van der Waals surface area (Å²) in [5.41, 5.74) is 4.64. The Morgan fingerprint density at radius 3 is 2.75 bits per heavy atom. The summed E-state index contributed by atoms with van der Waals surface area (Å²) < 4.78 is 11.2. The Labute approximate surface area is 92.7 Å². The molecule has 1 spiro atoms. The standard InChI is InChI=1S/C10H14N2O4/c11-4-8(14)12-5-10(15-1-2-16-10)7-3-9(7,12)6-13/h6-7H,1-5,11H2. The van der Waals surface area contributed by atoms with Crippen molar-refractivity contribution in [1.29, 1.82) is 0 Å². The van der Waals surface area contributed by atoms with E-state index in [-0.39, 0.29) is 18.4 Å². The number of aldehydes is 1. The van der Waals surface area contributed by atoms with Crippen molar-refractivity contribution in [3.05, 3.63) is 0 Å². The molecule has 0 aromatic heterocycles. The molecule has 3 aliphatic rings. The Kier molecular flexibility index (Phi) is 1.93. The quantitative estimate of drug-likeness (QED) is 0.579. The molecule has 3 rings (SSSR count). The number of carbonyl (C=O) groups excluding carboxylic acids is 2. The van der Waals surface area contributed by atoms with E-state index in [1.54, 1.807) is 0 Å². The summed E-state index contributed by atoms with van der Waals surface area (Å²) >= 11 is 0. The number of nitrogens with zero attached hydrogens (tertiary/aromatic N) is 1. The van der Waals surface area contributed by atoms with Crippen molar-refractivity contribution >= 4 is 12.2 Å². The molecule has 6 nitrogen and oxygen atoms in total. The molecule has 2 heterocycles. The lowest BCUT2D eigenvalue weighted by Crippen LogP contribution is -2.47. The van der Waals surface area contributed by atoms with Crippen LogP contribution >= 0.6 is 0 Å². The number of carbonyl (C=O) groups is 2. The molecular formula is C10H14N2O4. The normalized spacial score (nSPS) is 38.8. The molecule has 0 bridgehead atoms. The fourth-order valence-electron chi connectivity index (χ4n) is 2.97. The van der Waals surface area contributed by atoms with Crippen molar-refractivity contribution in [2.45, 2.75) is 17.7 Å². The summed E-state index contributed by atoms with van der Waals surface area (Å²) in [7, 11) is 0. The lowest BCUT2D eigenvalue weighted by atomic mass is 10.2. The summed E-state index contributed by atoms with van der Waals surface area (Å²) in [5, 5.41) is 0. The zero-order valence-corrected chi connectivity index (χ0v) is 8.85. The van der Waals surface area contributed by atoms with Gasteiger partial charge in [-0.15, -0.1) is 0 Å². The van der Waals surface area contributed by atoms with E-state index in [1.165, 1.54) is 4.90 Å². The highest BCUT2D eigenvalue weighted by molar-refractivity contribution is 5.87. The van der Waals surface area contributed by atoms with Gasteiger partial charge < -0.3 is 24.9 Å². The average molecular weight is 226 g/mol. The molecule has 1 aliphatic carbocycles. The van der Waals surface area contributed by atoms with Gasteiger partial charge in [0.2, 0.25) is 5.91 Å². The van der Waals surface area contributed by atoms with E-state index in [0.717, 1.165) is 6.29 Å². The summed E-state index contributed by atoms with van der Waals surface area (Å²) in [6, 6.07) is 0. The van der Waals surface area contributed by atoms with Crippen LogP contribution in [0.5, 0.6) is 0 Å². The molecule has 3 fully saturated rings. The maximum absolute atomic E-state index is 11.7. The van der Waals surface area contributed by atoms with Crippen molar-refractivity contribution in [2.75, 3.05) is 26.3 Å². The second-order valence-electron chi connectivity index (χ2n) is 4.56. The molecule has 2 aliphatic heterocycles. The molecule has 0 aromatic carbocycles. The number of amides is 1. The minimum absolute atomic E-state index is 0.0181. The first kappa shape index (κ1) is 10.2. The number of hydrogen-bond donors (Lipinski definition) is 1. The van der Waals surface area contributed by atoms with E-state index < -0.39 is 11.3 Å². The molecule has 2 unspecified atom stereocenters. The van der Waals surface area contributed by atoms with E-state index in [1.807, 2.05) is 0 Å². The van der Waals surface area contributed by atoms with Gasteiger partial charge >= 0.3 is 0 Å². The van der Waals surface area contributed by atoms with E-state index in [9.17, 15) is 9.59 Å². The predicted molar refractivity (Wildman–Crippen MR) is 52.3 cm³/mol. The van der Waals surface area contributed by atoms with Gasteiger partial charge in [0.25, 0.3) is 0 Å². The van der Waals surface area contributed by atoms with Gasteiger partial charge in [-0.05, 0) is 6.42 Å². The van der Waals surface area contributed by atoms with Crippen LogP contribution in [0.15, 0.2) is 0 Å². The Balaban J connectivity index is 1.91. The fraction of sp³-hybridized carbons (Fsp3) is 0.800. The van der Waals surface area contributed by atoms with Crippen LogP contribution in [0.3, 0.4) is 0 Å². The second kappa shape index (κ2) is 3.03. The zero-order chi connectivity index (χ0) is 11.4. The van der Waals surface area contributed by atoms with E-state index in [4.69, 9.17) is 15.2 Å². The van der Waals surface area contributed by atoms with Gasteiger partial charge in [-0.1, -0.05) is 0 Å². The highest BCUT2D eigenvalue weighted by Crippen LogP contribution is 2.61. The van der Waals surface area contributed by atoms with Gasteiger partial charge in [-0.2, -0.15) is 0 Å². The summed E-state index contributed by atoms with van der Waals surface area (Å²) in [4.78, 5) is 24.4. The number of piperidine rings is 1. The lowest BCUT2D eigenvalue weighted by molar-refractivity contribution is -0.168. The van der Waals surface area contributed by atoms with Gasteiger partial charge in [0.15, 0.2) is 5.79 Å². The van der Waals surface area contributed by atoms with Crippen LogP contribution in [0.4, 0.5) is 0 Å². The minimum Gasteiger partial charge on any atom is -0.345 e. The van der Waals surface area contributed by atoms with Gasteiger partial charge in [0.1, 0.15) is 11.8 Å². The van der Waals surface area contributed by atoms with Crippen molar-refractivity contribution in [3.8, 4) is 0 Å². The lowest BCUT2D eigenvalue weighted by Gasteiger charge is -2.27. The smallest absolute Gasteiger partial charge is 0.237 e. The molecule has 1 saturated carbocycles. The molecule has 2 saturated heterocycles.